The number of hydrogen-bond acceptors (Lipinski definition) is 10. The zero-order valence-corrected chi connectivity index (χ0v) is 28.0. The highest BCUT2D eigenvalue weighted by Crippen LogP contribution is 2.32. The molecule has 0 amide bonds. The Morgan fingerprint density at radius 3 is 1.62 bits per heavy atom. The van der Waals surface area contributed by atoms with Crippen LogP contribution >= 0.6 is 35.2 Å². The Morgan fingerprint density at radius 2 is 1.10 bits per heavy atom. The van der Waals surface area contributed by atoms with Gasteiger partial charge in [0, 0.05) is 31.6 Å². The first-order valence-electron chi connectivity index (χ1n) is 14.3. The molecule has 7 aromatic rings. The van der Waals surface area contributed by atoms with E-state index in [2.05, 4.69) is 9.37 Å². The maximum absolute atomic E-state index is 14.4. The van der Waals surface area contributed by atoms with Crippen LogP contribution in [0, 0.1) is 0 Å². The average molecular weight is 750 g/mol. The van der Waals surface area contributed by atoms with Gasteiger partial charge >= 0.3 is 0 Å². The summed E-state index contributed by atoms with van der Waals surface area (Å²) in [6, 6.07) is 22.2. The largest absolute Gasteiger partial charge is 0.295 e. The third-order valence-electron chi connectivity index (χ3n) is 8.05. The molecule has 50 heavy (non-hydrogen) atoms. The van der Waals surface area contributed by atoms with E-state index in [9.17, 15) is 32.1 Å². The second-order valence-corrected chi connectivity index (χ2v) is 13.8. The Bertz CT molecular complexity index is 2850. The molecule has 12 nitrogen and oxygen atoms in total. The summed E-state index contributed by atoms with van der Waals surface area (Å²) < 4.78 is 41.4. The summed E-state index contributed by atoms with van der Waals surface area (Å²) in [6.07, 6.45) is 0. The van der Waals surface area contributed by atoms with E-state index in [1.165, 1.54) is 83.4 Å². The number of fused-ring (bicyclic) bond motifs is 4. The highest BCUT2D eigenvalue weighted by Gasteiger charge is 2.27. The van der Waals surface area contributed by atoms with Crippen molar-refractivity contribution >= 4 is 101 Å². The predicted octanol–water partition coefficient (Wildman–Crippen LogP) is 6.98. The molecule has 0 atom stereocenters. The highest BCUT2D eigenvalue weighted by atomic mass is 35.5. The zero-order chi connectivity index (χ0) is 35.5. The molecule has 2 N–H and O–H groups in total. The van der Waals surface area contributed by atoms with Gasteiger partial charge in [-0.2, -0.15) is 8.42 Å². The van der Waals surface area contributed by atoms with Gasteiger partial charge < -0.3 is 0 Å². The molecule has 7 rings (SSSR count). The van der Waals surface area contributed by atoms with Gasteiger partial charge in [-0.1, -0.05) is 52.5 Å². The molecular weight excluding hydrogens is 731 g/mol. The number of carbonyl (C=O) groups is 2. The summed E-state index contributed by atoms with van der Waals surface area (Å²) in [4.78, 5) is 56.7. The second-order valence-electron chi connectivity index (χ2n) is 10.8. The molecule has 0 spiro atoms. The van der Waals surface area contributed by atoms with Gasteiger partial charge in [0.15, 0.2) is 10.9 Å². The van der Waals surface area contributed by atoms with Crippen molar-refractivity contribution in [1.29, 1.82) is 0 Å². The van der Waals surface area contributed by atoms with Crippen molar-refractivity contribution in [3.63, 3.8) is 0 Å². The lowest BCUT2D eigenvalue weighted by Gasteiger charge is -2.19. The fourth-order valence-corrected chi connectivity index (χ4v) is 7.46. The summed E-state index contributed by atoms with van der Waals surface area (Å²) in [6.45, 7) is 0. The number of benzene rings is 5. The van der Waals surface area contributed by atoms with Crippen LogP contribution in [0.1, 0.15) is 20.7 Å². The van der Waals surface area contributed by atoms with Gasteiger partial charge in [-0.15, -0.1) is 4.33 Å². The standard InChI is InChI=1S/C34H18Cl2N2O10S2/c35-17-9-11-25-21(13-17)31(39)23-16-28-24(15-27(23)37(25)33(41)19-5-1-3-7-29(19)49-48-47-43)32(40)22-14-18(36)10-12-26(22)38(28)34(42)20-6-2-4-8-30(20)50(44,45)46/h1-16,43H,(H,44,45,46). The summed E-state index contributed by atoms with van der Waals surface area (Å²) in [7, 11) is -4.88. The van der Waals surface area contributed by atoms with Crippen LogP contribution in [0.5, 0.6) is 0 Å². The van der Waals surface area contributed by atoms with Crippen LogP contribution in [-0.4, -0.2) is 39.2 Å². The van der Waals surface area contributed by atoms with Gasteiger partial charge in [-0.3, -0.25) is 32.9 Å². The Kier molecular flexibility index (Phi) is 8.58. The third kappa shape index (κ3) is 5.57. The van der Waals surface area contributed by atoms with E-state index < -0.39 is 43.2 Å². The van der Waals surface area contributed by atoms with E-state index >= 15 is 0 Å². The maximum atomic E-state index is 14.4. The molecule has 5 aromatic carbocycles. The number of carbonyl (C=O) groups excluding carboxylic acids is 2. The minimum absolute atomic E-state index is 0.0164. The first kappa shape index (κ1) is 33.6. The maximum Gasteiger partial charge on any atom is 0.295 e. The molecule has 0 bridgehead atoms. The Hall–Kier alpha value is -4.90. The predicted molar refractivity (Wildman–Crippen MR) is 188 cm³/mol. The molecule has 0 radical (unpaired) electrons. The number of rotatable bonds is 6. The summed E-state index contributed by atoms with van der Waals surface area (Å²) >= 11 is 13.1. The van der Waals surface area contributed by atoms with Gasteiger partial charge in [-0.05, 0) is 72.8 Å². The Morgan fingerprint density at radius 1 is 0.640 bits per heavy atom. The lowest BCUT2D eigenvalue weighted by atomic mass is 10.0. The first-order valence-corrected chi connectivity index (χ1v) is 17.2. The Balaban J connectivity index is 1.65. The highest BCUT2D eigenvalue weighted by molar-refractivity contribution is 7.94. The monoisotopic (exact) mass is 748 g/mol. The Labute approximate surface area is 294 Å². The third-order valence-corrected chi connectivity index (χ3v) is 10.1. The molecule has 0 aliphatic carbocycles. The summed E-state index contributed by atoms with van der Waals surface area (Å²) in [5, 5.41) is 12.6. The van der Waals surface area contributed by atoms with E-state index in [0.717, 1.165) is 10.6 Å². The van der Waals surface area contributed by atoms with Crippen LogP contribution in [0.2, 0.25) is 10.0 Å². The zero-order valence-electron chi connectivity index (χ0n) is 24.9. The average Bonchev–Trinajstić information content (AvgIpc) is 3.10. The molecule has 0 unspecified atom stereocenters. The van der Waals surface area contributed by atoms with Crippen LogP contribution in [0.25, 0.3) is 43.6 Å². The molecule has 0 saturated carbocycles. The number of aromatic nitrogens is 2. The molecule has 2 heterocycles. The molecule has 16 heteroatoms. The molecule has 0 saturated heterocycles. The van der Waals surface area contributed by atoms with Crippen molar-refractivity contribution < 1.29 is 37.2 Å². The number of hydrogen-bond donors (Lipinski definition) is 2. The normalized spacial score (nSPS) is 11.9. The van der Waals surface area contributed by atoms with E-state index in [4.69, 9.17) is 28.5 Å². The molecule has 0 aliphatic heterocycles. The molecule has 0 aliphatic rings. The second kappa shape index (κ2) is 12.8. The first-order chi connectivity index (χ1) is 23.9. The van der Waals surface area contributed by atoms with Crippen molar-refractivity contribution in [2.75, 3.05) is 0 Å². The van der Waals surface area contributed by atoms with Crippen LogP contribution in [0.15, 0.2) is 116 Å². The molecular formula is C34H18Cl2N2O10S2. The van der Waals surface area contributed by atoms with E-state index in [1.54, 1.807) is 12.1 Å². The van der Waals surface area contributed by atoms with Crippen molar-refractivity contribution in [3.8, 4) is 0 Å². The summed E-state index contributed by atoms with van der Waals surface area (Å²) in [5.41, 5.74) is -1.52. The van der Waals surface area contributed by atoms with Crippen molar-refractivity contribution in [3.05, 3.63) is 139 Å². The van der Waals surface area contributed by atoms with Crippen molar-refractivity contribution in [2.45, 2.75) is 9.79 Å². The lowest BCUT2D eigenvalue weighted by molar-refractivity contribution is -0.432. The van der Waals surface area contributed by atoms with Crippen molar-refractivity contribution in [1.82, 2.24) is 9.13 Å². The molecule has 0 fully saturated rings. The minimum Gasteiger partial charge on any atom is -0.288 e. The topological polar surface area (TPSA) is 171 Å². The number of halogens is 2. The van der Waals surface area contributed by atoms with Gasteiger partial charge in [0.25, 0.3) is 21.9 Å². The van der Waals surface area contributed by atoms with Gasteiger partial charge in [0.2, 0.25) is 0 Å². The number of nitrogens with zero attached hydrogens (tertiary/aromatic N) is 2. The van der Waals surface area contributed by atoms with E-state index in [1.807, 2.05) is 0 Å². The lowest BCUT2D eigenvalue weighted by Crippen LogP contribution is -2.23. The number of pyridine rings is 2. The van der Waals surface area contributed by atoms with E-state index in [0.29, 0.717) is 12.0 Å². The fraction of sp³-hybridized carbons (Fsp3) is 0. The van der Waals surface area contributed by atoms with Crippen LogP contribution in [0.3, 0.4) is 0 Å². The summed E-state index contributed by atoms with van der Waals surface area (Å²) in [5.74, 6) is -1.62. The van der Waals surface area contributed by atoms with Crippen LogP contribution < -0.4 is 10.9 Å². The minimum atomic E-state index is -4.88. The SMILES string of the molecule is O=C(c1ccccc1SOOO)n1c2ccc(Cl)cc2c(=O)c2cc3c(cc21)c(=O)c1cc(Cl)ccc1n3C(=O)c1ccccc1S(=O)(=O)O. The van der Waals surface area contributed by atoms with Gasteiger partial charge in [-0.25, -0.2) is 5.26 Å². The van der Waals surface area contributed by atoms with Gasteiger partial charge in [0.1, 0.15) is 4.90 Å². The smallest absolute Gasteiger partial charge is 0.288 e. The quantitative estimate of drug-likeness (QED) is 0.0591. The van der Waals surface area contributed by atoms with Crippen LogP contribution in [0.4, 0.5) is 0 Å². The van der Waals surface area contributed by atoms with Crippen molar-refractivity contribution in [2.24, 2.45) is 0 Å². The van der Waals surface area contributed by atoms with Gasteiger partial charge in [0.05, 0.1) is 50.1 Å². The van der Waals surface area contributed by atoms with Crippen LogP contribution in [-0.2, 0) is 19.5 Å². The molecule has 2 aromatic heterocycles. The van der Waals surface area contributed by atoms with E-state index in [-0.39, 0.29) is 64.1 Å². The molecule has 250 valence electrons. The fourth-order valence-electron chi connectivity index (χ4n) is 5.95.